The molecule has 0 aliphatic carbocycles. The zero-order chi connectivity index (χ0) is 15.4. The normalized spacial score (nSPS) is 26.9. The predicted octanol–water partition coefficient (Wildman–Crippen LogP) is 2.83. The highest BCUT2D eigenvalue weighted by atomic mass is 16.1. The van der Waals surface area contributed by atoms with Crippen LogP contribution in [-0.2, 0) is 17.6 Å². The molecule has 2 fully saturated rings. The first-order valence-electron chi connectivity index (χ1n) is 8.83. The van der Waals surface area contributed by atoms with E-state index in [0.29, 0.717) is 24.4 Å². The van der Waals surface area contributed by atoms with Crippen molar-refractivity contribution in [1.29, 1.82) is 0 Å². The number of fused-ring (bicyclic) bond motifs is 2. The maximum Gasteiger partial charge on any atom is 0.220 e. The number of hydrogen-bond acceptors (Lipinski definition) is 2. The molecule has 120 valence electrons. The molecule has 2 atom stereocenters. The molecule has 2 bridgehead atoms. The Morgan fingerprint density at radius 3 is 2.41 bits per heavy atom. The van der Waals surface area contributed by atoms with E-state index < -0.39 is 0 Å². The fourth-order valence-corrected chi connectivity index (χ4v) is 3.96. The summed E-state index contributed by atoms with van der Waals surface area (Å²) >= 11 is 0. The van der Waals surface area contributed by atoms with E-state index in [0.717, 1.165) is 19.4 Å². The van der Waals surface area contributed by atoms with Gasteiger partial charge >= 0.3 is 0 Å². The van der Waals surface area contributed by atoms with Crippen molar-refractivity contribution in [2.45, 2.75) is 64.0 Å². The van der Waals surface area contributed by atoms with Gasteiger partial charge in [0.25, 0.3) is 0 Å². The molecule has 2 aliphatic heterocycles. The van der Waals surface area contributed by atoms with Crippen molar-refractivity contribution in [2.75, 3.05) is 6.54 Å². The second kappa shape index (κ2) is 7.28. The number of piperidine rings is 1. The lowest BCUT2D eigenvalue weighted by atomic mass is 9.89. The number of benzene rings is 1. The Morgan fingerprint density at radius 2 is 1.77 bits per heavy atom. The van der Waals surface area contributed by atoms with Gasteiger partial charge in [-0.1, -0.05) is 31.2 Å². The topological polar surface area (TPSA) is 41.1 Å². The number of carbonyl (C=O) groups is 1. The molecule has 3 heteroatoms. The smallest absolute Gasteiger partial charge is 0.220 e. The van der Waals surface area contributed by atoms with Crippen LogP contribution in [0.2, 0.25) is 0 Å². The molecule has 22 heavy (non-hydrogen) atoms. The van der Waals surface area contributed by atoms with Gasteiger partial charge in [-0.3, -0.25) is 4.79 Å². The highest BCUT2D eigenvalue weighted by molar-refractivity contribution is 5.76. The molecule has 2 N–H and O–H groups in total. The largest absolute Gasteiger partial charge is 0.356 e. The summed E-state index contributed by atoms with van der Waals surface area (Å²) in [6, 6.07) is 10.1. The number of hydrogen-bond donors (Lipinski definition) is 2. The predicted molar refractivity (Wildman–Crippen MR) is 89.8 cm³/mol. The van der Waals surface area contributed by atoms with Crippen LogP contribution in [0.4, 0.5) is 0 Å². The van der Waals surface area contributed by atoms with E-state index in [-0.39, 0.29) is 5.91 Å². The standard InChI is InChI=1S/C19H28N2O/c1-2-14-3-5-15(6-4-14)9-10-20-19(22)13-16-11-17-7-8-18(12-16)21-17/h3-6,16-18,21H,2,7-13H2,1H3,(H,20,22). The molecule has 2 aliphatic rings. The molecular weight excluding hydrogens is 272 g/mol. The lowest BCUT2D eigenvalue weighted by Crippen LogP contribution is -2.39. The quantitative estimate of drug-likeness (QED) is 0.848. The Hall–Kier alpha value is -1.35. The second-order valence-corrected chi connectivity index (χ2v) is 6.95. The van der Waals surface area contributed by atoms with Gasteiger partial charge in [-0.05, 0) is 55.6 Å². The van der Waals surface area contributed by atoms with Crippen LogP contribution in [-0.4, -0.2) is 24.5 Å². The molecule has 2 saturated heterocycles. The van der Waals surface area contributed by atoms with Crippen LogP contribution in [0, 0.1) is 5.92 Å². The Labute approximate surface area is 133 Å². The first kappa shape index (κ1) is 15.5. The molecular formula is C19H28N2O. The lowest BCUT2D eigenvalue weighted by molar-refractivity contribution is -0.122. The van der Waals surface area contributed by atoms with Crippen LogP contribution >= 0.6 is 0 Å². The third-order valence-electron chi connectivity index (χ3n) is 5.21. The summed E-state index contributed by atoms with van der Waals surface area (Å²) in [5, 5.41) is 6.73. The van der Waals surface area contributed by atoms with Crippen LogP contribution in [0.1, 0.15) is 50.2 Å². The van der Waals surface area contributed by atoms with E-state index >= 15 is 0 Å². The van der Waals surface area contributed by atoms with Crippen molar-refractivity contribution in [2.24, 2.45) is 5.92 Å². The van der Waals surface area contributed by atoms with Gasteiger partial charge in [0.15, 0.2) is 0 Å². The van der Waals surface area contributed by atoms with Crippen molar-refractivity contribution >= 4 is 5.91 Å². The average molecular weight is 300 g/mol. The lowest BCUT2D eigenvalue weighted by Gasteiger charge is -2.28. The maximum absolute atomic E-state index is 12.1. The summed E-state index contributed by atoms with van der Waals surface area (Å²) in [5.74, 6) is 0.819. The third kappa shape index (κ3) is 4.10. The van der Waals surface area contributed by atoms with Gasteiger partial charge in [-0.2, -0.15) is 0 Å². The van der Waals surface area contributed by atoms with E-state index in [2.05, 4.69) is 41.8 Å². The SMILES string of the molecule is CCc1ccc(CCNC(=O)CC2CC3CCC(C2)N3)cc1. The van der Waals surface area contributed by atoms with Gasteiger partial charge in [-0.15, -0.1) is 0 Å². The van der Waals surface area contributed by atoms with Gasteiger partial charge in [0.2, 0.25) is 5.91 Å². The van der Waals surface area contributed by atoms with Crippen LogP contribution < -0.4 is 10.6 Å². The highest BCUT2D eigenvalue weighted by Gasteiger charge is 2.33. The van der Waals surface area contributed by atoms with E-state index in [1.807, 2.05) is 0 Å². The number of rotatable bonds is 6. The molecule has 2 unspecified atom stereocenters. The Bertz CT molecular complexity index is 485. The summed E-state index contributed by atoms with van der Waals surface area (Å²) in [7, 11) is 0. The summed E-state index contributed by atoms with van der Waals surface area (Å²) in [5.41, 5.74) is 2.67. The van der Waals surface area contributed by atoms with Crippen LogP contribution in [0.5, 0.6) is 0 Å². The summed E-state index contributed by atoms with van der Waals surface area (Å²) < 4.78 is 0. The number of carbonyl (C=O) groups excluding carboxylic acids is 1. The molecule has 0 aromatic heterocycles. The molecule has 3 nitrogen and oxygen atoms in total. The molecule has 0 radical (unpaired) electrons. The molecule has 1 aromatic rings. The summed E-state index contributed by atoms with van der Waals surface area (Å²) in [6.07, 6.45) is 7.68. The van der Waals surface area contributed by atoms with Crippen molar-refractivity contribution in [3.05, 3.63) is 35.4 Å². The van der Waals surface area contributed by atoms with Crippen LogP contribution in [0.3, 0.4) is 0 Å². The summed E-state index contributed by atoms with van der Waals surface area (Å²) in [6.45, 7) is 2.92. The number of nitrogens with one attached hydrogen (secondary N) is 2. The van der Waals surface area contributed by atoms with Gasteiger partial charge in [0.05, 0.1) is 0 Å². The molecule has 1 aromatic carbocycles. The fourth-order valence-electron chi connectivity index (χ4n) is 3.96. The van der Waals surface area contributed by atoms with Crippen molar-refractivity contribution < 1.29 is 4.79 Å². The Kier molecular flexibility index (Phi) is 5.14. The first-order chi connectivity index (χ1) is 10.7. The van der Waals surface area contributed by atoms with Gasteiger partial charge in [0, 0.05) is 25.0 Å². The Balaban J connectivity index is 1.37. The summed E-state index contributed by atoms with van der Waals surface area (Å²) in [4.78, 5) is 12.1. The minimum atomic E-state index is 0.233. The third-order valence-corrected chi connectivity index (χ3v) is 5.21. The number of amides is 1. The zero-order valence-corrected chi connectivity index (χ0v) is 13.6. The van der Waals surface area contributed by atoms with Gasteiger partial charge in [0.1, 0.15) is 0 Å². The minimum Gasteiger partial charge on any atom is -0.356 e. The van der Waals surface area contributed by atoms with Crippen LogP contribution in [0.15, 0.2) is 24.3 Å². The first-order valence-corrected chi connectivity index (χ1v) is 8.83. The van der Waals surface area contributed by atoms with E-state index in [4.69, 9.17) is 0 Å². The Morgan fingerprint density at radius 1 is 1.14 bits per heavy atom. The minimum absolute atomic E-state index is 0.233. The number of aryl methyl sites for hydroxylation is 1. The van der Waals surface area contributed by atoms with Gasteiger partial charge < -0.3 is 10.6 Å². The molecule has 0 saturated carbocycles. The van der Waals surface area contributed by atoms with Crippen molar-refractivity contribution in [3.8, 4) is 0 Å². The molecule has 3 rings (SSSR count). The van der Waals surface area contributed by atoms with Crippen molar-refractivity contribution in [3.63, 3.8) is 0 Å². The average Bonchev–Trinajstić information content (AvgIpc) is 2.87. The van der Waals surface area contributed by atoms with E-state index in [1.165, 1.54) is 36.8 Å². The van der Waals surface area contributed by atoms with Crippen LogP contribution in [0.25, 0.3) is 0 Å². The monoisotopic (exact) mass is 300 g/mol. The highest BCUT2D eigenvalue weighted by Crippen LogP contribution is 2.32. The molecule has 2 heterocycles. The second-order valence-electron chi connectivity index (χ2n) is 6.95. The molecule has 0 spiro atoms. The van der Waals surface area contributed by atoms with Crippen molar-refractivity contribution in [1.82, 2.24) is 10.6 Å². The maximum atomic E-state index is 12.1. The van der Waals surface area contributed by atoms with E-state index in [9.17, 15) is 4.79 Å². The van der Waals surface area contributed by atoms with Gasteiger partial charge in [-0.25, -0.2) is 0 Å². The zero-order valence-electron chi connectivity index (χ0n) is 13.6. The fraction of sp³-hybridized carbons (Fsp3) is 0.632. The molecule has 1 amide bonds. The van der Waals surface area contributed by atoms with E-state index in [1.54, 1.807) is 0 Å².